The Morgan fingerprint density at radius 1 is 0.880 bits per heavy atom. The summed E-state index contributed by atoms with van der Waals surface area (Å²) in [6, 6.07) is 0.0713. The van der Waals surface area contributed by atoms with Crippen molar-refractivity contribution >= 4 is 10.0 Å². The van der Waals surface area contributed by atoms with Crippen molar-refractivity contribution in [3.63, 3.8) is 0 Å². The van der Waals surface area contributed by atoms with Crippen LogP contribution in [0, 0.1) is 0 Å². The number of halogens is 6. The first-order valence-corrected chi connectivity index (χ1v) is 8.77. The quantitative estimate of drug-likeness (QED) is 0.611. The van der Waals surface area contributed by atoms with Crippen LogP contribution in [-0.4, -0.2) is 19.2 Å². The van der Waals surface area contributed by atoms with Crippen LogP contribution in [0.3, 0.4) is 0 Å². The summed E-state index contributed by atoms with van der Waals surface area (Å²) in [5.41, 5.74) is -5.36. The molecule has 0 aromatic heterocycles. The molecule has 0 heterocycles. The molecule has 142 valence electrons. The molecule has 0 atom stereocenters. The van der Waals surface area contributed by atoms with Gasteiger partial charge in [0.1, 0.15) is 5.72 Å². The van der Waals surface area contributed by atoms with Crippen LogP contribution in [0.1, 0.15) is 43.2 Å². The summed E-state index contributed by atoms with van der Waals surface area (Å²) in [6.07, 6.45) is -8.56. The third kappa shape index (κ3) is 4.85. The molecule has 1 aromatic rings. The summed E-state index contributed by atoms with van der Waals surface area (Å²) in [6.45, 7) is 0. The number of hydrogen-bond acceptors (Lipinski definition) is 3. The van der Waals surface area contributed by atoms with Gasteiger partial charge in [-0.3, -0.25) is 0 Å². The maximum Gasteiger partial charge on any atom is 0.416 e. The van der Waals surface area contributed by atoms with Crippen LogP contribution >= 0.6 is 0 Å². The van der Waals surface area contributed by atoms with Gasteiger partial charge < -0.3 is 5.11 Å². The molecule has 1 aliphatic rings. The van der Waals surface area contributed by atoms with Gasteiger partial charge in [-0.15, -0.1) is 0 Å². The molecule has 2 rings (SSSR count). The molecule has 1 fully saturated rings. The van der Waals surface area contributed by atoms with Crippen LogP contribution < -0.4 is 4.72 Å². The predicted molar refractivity (Wildman–Crippen MR) is 74.8 cm³/mol. The molecule has 25 heavy (non-hydrogen) atoms. The molecule has 1 aromatic carbocycles. The fourth-order valence-corrected chi connectivity index (χ4v) is 4.02. The monoisotopic (exact) mass is 391 g/mol. The topological polar surface area (TPSA) is 66.4 Å². The number of aliphatic hydroxyl groups is 1. The molecule has 0 radical (unpaired) electrons. The van der Waals surface area contributed by atoms with Gasteiger partial charge in [-0.25, -0.2) is 8.42 Å². The first kappa shape index (κ1) is 20.0. The average molecular weight is 391 g/mol. The van der Waals surface area contributed by atoms with E-state index in [2.05, 4.69) is 0 Å². The van der Waals surface area contributed by atoms with Crippen LogP contribution in [0.4, 0.5) is 26.3 Å². The highest BCUT2D eigenvalue weighted by Gasteiger charge is 2.40. The maximum atomic E-state index is 12.8. The highest BCUT2D eigenvalue weighted by atomic mass is 32.2. The van der Waals surface area contributed by atoms with E-state index in [-0.39, 0.29) is 31.0 Å². The molecule has 0 unspecified atom stereocenters. The number of sulfonamides is 1. The fourth-order valence-electron chi connectivity index (χ4n) is 2.63. The van der Waals surface area contributed by atoms with Gasteiger partial charge in [-0.2, -0.15) is 31.1 Å². The largest absolute Gasteiger partial charge is 0.416 e. The van der Waals surface area contributed by atoms with Crippen LogP contribution in [0.15, 0.2) is 23.1 Å². The van der Waals surface area contributed by atoms with Crippen LogP contribution in [0.25, 0.3) is 0 Å². The molecule has 0 bridgehead atoms. The van der Waals surface area contributed by atoms with Gasteiger partial charge >= 0.3 is 12.4 Å². The highest BCUT2D eigenvalue weighted by Crippen LogP contribution is 2.37. The van der Waals surface area contributed by atoms with E-state index in [0.717, 1.165) is 6.42 Å². The van der Waals surface area contributed by atoms with Gasteiger partial charge in [0.2, 0.25) is 10.0 Å². The number of benzene rings is 1. The summed E-state index contributed by atoms with van der Waals surface area (Å²) in [7, 11) is -4.78. The van der Waals surface area contributed by atoms with E-state index in [1.54, 1.807) is 0 Å². The van der Waals surface area contributed by atoms with Crippen LogP contribution in [0.5, 0.6) is 0 Å². The number of hydrogen-bond donors (Lipinski definition) is 2. The second kappa shape index (κ2) is 6.44. The van der Waals surface area contributed by atoms with Crippen molar-refractivity contribution in [3.05, 3.63) is 29.3 Å². The van der Waals surface area contributed by atoms with Gasteiger partial charge in [0.05, 0.1) is 16.0 Å². The number of nitrogens with one attached hydrogen (secondary N) is 1. The number of alkyl halides is 6. The SMILES string of the molecule is O=S(=O)(NC1(O)CCCCC1)c1cc(C(F)(F)F)cc(C(F)(F)F)c1. The Morgan fingerprint density at radius 3 is 1.72 bits per heavy atom. The molecule has 1 saturated carbocycles. The lowest BCUT2D eigenvalue weighted by Gasteiger charge is -2.32. The molecule has 0 saturated heterocycles. The van der Waals surface area contributed by atoms with Crippen molar-refractivity contribution in [2.24, 2.45) is 0 Å². The standard InChI is InChI=1S/C14H15F6NO3S/c15-13(16,17)9-6-10(14(18,19)20)8-11(7-9)25(23,24)21-12(22)4-2-1-3-5-12/h6-8,21-22H,1-5H2. The minimum absolute atomic E-state index is 0.0251. The Hall–Kier alpha value is -1.33. The second-order valence-electron chi connectivity index (χ2n) is 5.94. The summed E-state index contributed by atoms with van der Waals surface area (Å²) in [5, 5.41) is 10.2. The summed E-state index contributed by atoms with van der Waals surface area (Å²) >= 11 is 0. The Morgan fingerprint density at radius 2 is 1.32 bits per heavy atom. The third-order valence-electron chi connectivity index (χ3n) is 3.88. The molecular weight excluding hydrogens is 376 g/mol. The van der Waals surface area contributed by atoms with Crippen molar-refractivity contribution in [1.29, 1.82) is 0 Å². The van der Waals surface area contributed by atoms with Crippen LogP contribution in [-0.2, 0) is 22.4 Å². The van der Waals surface area contributed by atoms with Gasteiger partial charge in [-0.05, 0) is 43.9 Å². The van der Waals surface area contributed by atoms with Gasteiger partial charge in [0.15, 0.2) is 0 Å². The molecule has 11 heteroatoms. The van der Waals surface area contributed by atoms with Crippen LogP contribution in [0.2, 0.25) is 0 Å². The summed E-state index contributed by atoms with van der Waals surface area (Å²) < 4.78 is 103. The van der Waals surface area contributed by atoms with E-state index >= 15 is 0 Å². The smallest absolute Gasteiger partial charge is 0.375 e. The van der Waals surface area contributed by atoms with Crippen molar-refractivity contribution in [2.75, 3.05) is 0 Å². The van der Waals surface area contributed by atoms with Crippen molar-refractivity contribution in [3.8, 4) is 0 Å². The Kier molecular flexibility index (Phi) is 5.15. The third-order valence-corrected chi connectivity index (χ3v) is 5.38. The lowest BCUT2D eigenvalue weighted by molar-refractivity contribution is -0.143. The predicted octanol–water partition coefficient (Wildman–Crippen LogP) is 3.66. The number of rotatable bonds is 3. The molecule has 0 aliphatic heterocycles. The lowest BCUT2D eigenvalue weighted by Crippen LogP contribution is -2.49. The van der Waals surface area contributed by atoms with Crippen molar-refractivity contribution in [2.45, 2.75) is 55.1 Å². The lowest BCUT2D eigenvalue weighted by atomic mass is 9.93. The van der Waals surface area contributed by atoms with E-state index in [0.29, 0.717) is 12.8 Å². The summed E-state index contributed by atoms with van der Waals surface area (Å²) in [4.78, 5) is -1.20. The average Bonchev–Trinajstić information content (AvgIpc) is 2.44. The fraction of sp³-hybridized carbons (Fsp3) is 0.571. The molecule has 1 aliphatic carbocycles. The molecule has 0 amide bonds. The first-order valence-electron chi connectivity index (χ1n) is 7.29. The maximum absolute atomic E-state index is 12.8. The second-order valence-corrected chi connectivity index (χ2v) is 7.62. The molecule has 0 spiro atoms. The highest BCUT2D eigenvalue weighted by molar-refractivity contribution is 7.89. The first-order chi connectivity index (χ1) is 11.2. The van der Waals surface area contributed by atoms with E-state index in [4.69, 9.17) is 0 Å². The minimum Gasteiger partial charge on any atom is -0.375 e. The molecular formula is C14H15F6NO3S. The van der Waals surface area contributed by atoms with E-state index in [1.807, 2.05) is 4.72 Å². The van der Waals surface area contributed by atoms with Crippen molar-refractivity contribution in [1.82, 2.24) is 4.72 Å². The van der Waals surface area contributed by atoms with E-state index in [9.17, 15) is 39.9 Å². The van der Waals surface area contributed by atoms with Gasteiger partial charge in [0, 0.05) is 0 Å². The van der Waals surface area contributed by atoms with Gasteiger partial charge in [0.25, 0.3) is 0 Å². The zero-order valence-electron chi connectivity index (χ0n) is 12.7. The zero-order valence-corrected chi connectivity index (χ0v) is 13.5. The zero-order chi connectivity index (χ0) is 19.1. The van der Waals surface area contributed by atoms with E-state index < -0.39 is 44.1 Å². The van der Waals surface area contributed by atoms with Crippen molar-refractivity contribution < 1.29 is 39.9 Å². The molecule has 2 N–H and O–H groups in total. The Bertz CT molecular complexity index is 704. The molecule has 4 nitrogen and oxygen atoms in total. The Balaban J connectivity index is 2.49. The summed E-state index contributed by atoms with van der Waals surface area (Å²) in [5.74, 6) is 0. The minimum atomic E-state index is -5.16. The Labute approximate surface area is 139 Å². The normalized spacial score (nSPS) is 19.0. The van der Waals surface area contributed by atoms with Gasteiger partial charge in [-0.1, -0.05) is 6.42 Å². The van der Waals surface area contributed by atoms with E-state index in [1.165, 1.54) is 0 Å².